The number of nitrogens with one attached hydrogen (secondary N) is 1. The normalized spacial score (nSPS) is 20.0. The minimum atomic E-state index is -3.54. The molecule has 108 valence electrons. The number of nitrogens with zero attached hydrogens (tertiary/aromatic N) is 1. The Labute approximate surface area is 117 Å². The number of hydrogen-bond acceptors (Lipinski definition) is 4. The number of rotatable bonds is 3. The topological polar surface area (TPSA) is 88.4 Å². The maximum Gasteiger partial charge on any atom is 0.245 e. The molecule has 0 radical (unpaired) electrons. The van der Waals surface area contributed by atoms with Crippen molar-refractivity contribution in [1.82, 2.24) is 9.29 Å². The van der Waals surface area contributed by atoms with E-state index in [1.54, 1.807) is 25.2 Å². The molecule has 0 bridgehead atoms. The first-order chi connectivity index (χ1) is 9.50. The number of likely N-dealkylation sites (N-methyl/N-ethyl adjacent to an activating group) is 1. The van der Waals surface area contributed by atoms with Crippen LogP contribution in [-0.2, 0) is 14.8 Å². The van der Waals surface area contributed by atoms with Crippen LogP contribution in [0.4, 0.5) is 5.69 Å². The van der Waals surface area contributed by atoms with Gasteiger partial charge in [-0.2, -0.15) is 4.31 Å². The van der Waals surface area contributed by atoms with Gasteiger partial charge in [0.2, 0.25) is 10.0 Å². The summed E-state index contributed by atoms with van der Waals surface area (Å²) in [5.74, 6) is 0. The van der Waals surface area contributed by atoms with Gasteiger partial charge in [-0.15, -0.1) is 0 Å². The van der Waals surface area contributed by atoms with Crippen LogP contribution in [0.15, 0.2) is 29.3 Å². The second kappa shape index (κ2) is 4.76. The number of aromatic amines is 1. The Morgan fingerprint density at radius 2 is 2.25 bits per heavy atom. The zero-order valence-corrected chi connectivity index (χ0v) is 12.0. The average Bonchev–Trinajstić information content (AvgIpc) is 3.06. The summed E-state index contributed by atoms with van der Waals surface area (Å²) >= 11 is 0. The van der Waals surface area contributed by atoms with E-state index in [9.17, 15) is 8.42 Å². The van der Waals surface area contributed by atoms with E-state index in [0.29, 0.717) is 24.3 Å². The van der Waals surface area contributed by atoms with Crippen LogP contribution in [0.5, 0.6) is 0 Å². The summed E-state index contributed by atoms with van der Waals surface area (Å²) in [7, 11) is -1.94. The molecule has 1 aromatic heterocycles. The van der Waals surface area contributed by atoms with Crippen molar-refractivity contribution in [3.05, 3.63) is 24.4 Å². The van der Waals surface area contributed by atoms with Crippen molar-refractivity contribution < 1.29 is 13.2 Å². The summed E-state index contributed by atoms with van der Waals surface area (Å²) in [5.41, 5.74) is 7.03. The second-order valence-electron chi connectivity index (χ2n) is 5.00. The SMILES string of the molecule is CN(C1CCOC1)S(=O)(=O)c1c[nH]c2cc(N)ccc12. The van der Waals surface area contributed by atoms with Gasteiger partial charge in [0.05, 0.1) is 12.6 Å². The van der Waals surface area contributed by atoms with Gasteiger partial charge in [0.25, 0.3) is 0 Å². The maximum atomic E-state index is 12.7. The van der Waals surface area contributed by atoms with Crippen molar-refractivity contribution >= 4 is 26.6 Å². The van der Waals surface area contributed by atoms with Gasteiger partial charge >= 0.3 is 0 Å². The molecule has 1 unspecified atom stereocenters. The van der Waals surface area contributed by atoms with Gasteiger partial charge in [0.1, 0.15) is 4.90 Å². The highest BCUT2D eigenvalue weighted by atomic mass is 32.2. The maximum absolute atomic E-state index is 12.7. The predicted octanol–water partition coefficient (Wildman–Crippen LogP) is 1.16. The molecule has 3 rings (SSSR count). The molecule has 7 heteroatoms. The molecule has 0 aliphatic carbocycles. The van der Waals surface area contributed by atoms with E-state index in [0.717, 1.165) is 11.9 Å². The van der Waals surface area contributed by atoms with Crippen molar-refractivity contribution in [1.29, 1.82) is 0 Å². The second-order valence-corrected chi connectivity index (χ2v) is 6.96. The van der Waals surface area contributed by atoms with Crippen LogP contribution < -0.4 is 5.73 Å². The van der Waals surface area contributed by atoms with Crippen molar-refractivity contribution in [2.45, 2.75) is 17.4 Å². The van der Waals surface area contributed by atoms with Crippen LogP contribution >= 0.6 is 0 Å². The monoisotopic (exact) mass is 295 g/mol. The number of benzene rings is 1. The number of fused-ring (bicyclic) bond motifs is 1. The van der Waals surface area contributed by atoms with E-state index in [4.69, 9.17) is 10.5 Å². The molecule has 20 heavy (non-hydrogen) atoms. The standard InChI is InChI=1S/C13H17N3O3S/c1-16(10-4-5-19-8-10)20(17,18)13-7-15-12-6-9(14)2-3-11(12)13/h2-3,6-7,10,15H,4-5,8,14H2,1H3. The lowest BCUT2D eigenvalue weighted by Crippen LogP contribution is -2.37. The molecule has 0 spiro atoms. The van der Waals surface area contributed by atoms with Crippen molar-refractivity contribution in [2.75, 3.05) is 26.0 Å². The first-order valence-electron chi connectivity index (χ1n) is 6.42. The van der Waals surface area contributed by atoms with E-state index >= 15 is 0 Å². The van der Waals surface area contributed by atoms with Crippen LogP contribution in [0.1, 0.15) is 6.42 Å². The molecule has 0 amide bonds. The molecule has 1 aliphatic rings. The molecule has 2 aromatic rings. The van der Waals surface area contributed by atoms with Crippen molar-refractivity contribution in [2.24, 2.45) is 0 Å². The molecule has 1 aromatic carbocycles. The lowest BCUT2D eigenvalue weighted by atomic mass is 10.2. The van der Waals surface area contributed by atoms with Crippen LogP contribution in [0, 0.1) is 0 Å². The third kappa shape index (κ3) is 2.07. The van der Waals surface area contributed by atoms with Gasteiger partial charge in [-0.1, -0.05) is 0 Å². The Bertz CT molecular complexity index is 732. The molecule has 1 aliphatic heterocycles. The first-order valence-corrected chi connectivity index (χ1v) is 7.86. The van der Waals surface area contributed by atoms with Crippen molar-refractivity contribution in [3.63, 3.8) is 0 Å². The van der Waals surface area contributed by atoms with E-state index in [1.807, 2.05) is 0 Å². The lowest BCUT2D eigenvalue weighted by Gasteiger charge is -2.22. The molecular formula is C13H17N3O3S. The van der Waals surface area contributed by atoms with Crippen LogP contribution in [0.3, 0.4) is 0 Å². The molecule has 1 saturated heterocycles. The smallest absolute Gasteiger partial charge is 0.245 e. The molecule has 2 heterocycles. The molecule has 1 atom stereocenters. The summed E-state index contributed by atoms with van der Waals surface area (Å²) in [6.45, 7) is 1.06. The third-order valence-corrected chi connectivity index (χ3v) is 5.69. The van der Waals surface area contributed by atoms with Crippen LogP contribution in [-0.4, -0.2) is 44.0 Å². The summed E-state index contributed by atoms with van der Waals surface area (Å²) in [4.78, 5) is 3.24. The fraction of sp³-hybridized carbons (Fsp3) is 0.385. The van der Waals surface area contributed by atoms with Crippen LogP contribution in [0.25, 0.3) is 10.9 Å². The van der Waals surface area contributed by atoms with Gasteiger partial charge in [-0.3, -0.25) is 0 Å². The van der Waals surface area contributed by atoms with Gasteiger partial charge in [0, 0.05) is 36.4 Å². The number of ether oxygens (including phenoxy) is 1. The Kier molecular flexibility index (Phi) is 3.19. The summed E-state index contributed by atoms with van der Waals surface area (Å²) < 4.78 is 32.1. The molecule has 1 fully saturated rings. The summed E-state index contributed by atoms with van der Waals surface area (Å²) in [5, 5.41) is 0.657. The Balaban J connectivity index is 2.04. The quantitative estimate of drug-likeness (QED) is 0.832. The number of H-pyrrole nitrogens is 1. The number of aromatic nitrogens is 1. The predicted molar refractivity (Wildman–Crippen MR) is 76.9 cm³/mol. The van der Waals surface area contributed by atoms with E-state index in [-0.39, 0.29) is 10.9 Å². The zero-order valence-electron chi connectivity index (χ0n) is 11.2. The van der Waals surface area contributed by atoms with Gasteiger partial charge < -0.3 is 15.5 Å². The number of hydrogen-bond donors (Lipinski definition) is 2. The van der Waals surface area contributed by atoms with Gasteiger partial charge in [0.15, 0.2) is 0 Å². The largest absolute Gasteiger partial charge is 0.399 e. The Hall–Kier alpha value is -1.57. The summed E-state index contributed by atoms with van der Waals surface area (Å²) in [6, 6.07) is 5.06. The first kappa shape index (κ1) is 13.4. The minimum Gasteiger partial charge on any atom is -0.399 e. The minimum absolute atomic E-state index is 0.0984. The fourth-order valence-electron chi connectivity index (χ4n) is 2.49. The highest BCUT2D eigenvalue weighted by Crippen LogP contribution is 2.28. The van der Waals surface area contributed by atoms with Crippen molar-refractivity contribution in [3.8, 4) is 0 Å². The van der Waals surface area contributed by atoms with E-state index in [1.165, 1.54) is 10.5 Å². The van der Waals surface area contributed by atoms with E-state index < -0.39 is 10.0 Å². The Morgan fingerprint density at radius 3 is 2.95 bits per heavy atom. The number of nitrogen functional groups attached to an aromatic ring is 1. The third-order valence-electron chi connectivity index (χ3n) is 3.74. The molecule has 6 nitrogen and oxygen atoms in total. The highest BCUT2D eigenvalue weighted by Gasteiger charge is 2.32. The van der Waals surface area contributed by atoms with E-state index in [2.05, 4.69) is 4.98 Å². The number of sulfonamides is 1. The molecule has 3 N–H and O–H groups in total. The molecular weight excluding hydrogens is 278 g/mol. The van der Waals surface area contributed by atoms with Gasteiger partial charge in [-0.05, 0) is 24.6 Å². The van der Waals surface area contributed by atoms with Crippen LogP contribution in [0.2, 0.25) is 0 Å². The number of anilines is 1. The zero-order chi connectivity index (χ0) is 14.3. The lowest BCUT2D eigenvalue weighted by molar-refractivity contribution is 0.181. The summed E-state index contributed by atoms with van der Waals surface area (Å²) in [6.07, 6.45) is 2.25. The van der Waals surface area contributed by atoms with Gasteiger partial charge in [-0.25, -0.2) is 8.42 Å². The average molecular weight is 295 g/mol. The highest BCUT2D eigenvalue weighted by molar-refractivity contribution is 7.89. The Morgan fingerprint density at radius 1 is 1.45 bits per heavy atom. The number of nitrogens with two attached hydrogens (primary N) is 1. The fourth-order valence-corrected chi connectivity index (χ4v) is 4.02. The molecule has 0 saturated carbocycles.